The Kier molecular flexibility index (Phi) is 4.76. The lowest BCUT2D eigenvalue weighted by Crippen LogP contribution is -2.10. The third-order valence-electron chi connectivity index (χ3n) is 3.60. The van der Waals surface area contributed by atoms with Crippen LogP contribution in [0, 0.1) is 0 Å². The van der Waals surface area contributed by atoms with Gasteiger partial charge < -0.3 is 10.1 Å². The van der Waals surface area contributed by atoms with E-state index in [1.54, 1.807) is 30.3 Å². The zero-order valence-electron chi connectivity index (χ0n) is 13.7. The molecule has 1 aliphatic rings. The molecule has 2 aromatic carbocycles. The number of amides is 1. The third kappa shape index (κ3) is 4.84. The molecule has 0 aromatic heterocycles. The summed E-state index contributed by atoms with van der Waals surface area (Å²) in [6.45, 7) is 0.702. The highest BCUT2D eigenvalue weighted by Gasteiger charge is 2.11. The number of nitrogens with one attached hydrogen (secondary N) is 2. The molecule has 0 atom stereocenters. The third-order valence-corrected chi connectivity index (χ3v) is 4.20. The van der Waals surface area contributed by atoms with Gasteiger partial charge in [0.2, 0.25) is 15.9 Å². The van der Waals surface area contributed by atoms with Crippen molar-refractivity contribution in [2.24, 2.45) is 0 Å². The van der Waals surface area contributed by atoms with Gasteiger partial charge >= 0.3 is 0 Å². The molecule has 0 fully saturated rings. The van der Waals surface area contributed by atoms with Gasteiger partial charge in [-0.05, 0) is 53.6 Å². The molecule has 6 nitrogen and oxygen atoms in total. The summed E-state index contributed by atoms with van der Waals surface area (Å²) in [5, 5.41) is 2.73. The largest absolute Gasteiger partial charge is 0.493 e. The summed E-state index contributed by atoms with van der Waals surface area (Å²) < 4.78 is 30.1. The molecule has 130 valence electrons. The van der Waals surface area contributed by atoms with Gasteiger partial charge in [-0.3, -0.25) is 9.52 Å². The van der Waals surface area contributed by atoms with Gasteiger partial charge in [-0.15, -0.1) is 0 Å². The Balaban J connectivity index is 1.60. The first kappa shape index (κ1) is 17.0. The van der Waals surface area contributed by atoms with Gasteiger partial charge in [-0.1, -0.05) is 6.07 Å². The van der Waals surface area contributed by atoms with Gasteiger partial charge in [-0.2, -0.15) is 0 Å². The van der Waals surface area contributed by atoms with E-state index in [0.717, 1.165) is 29.6 Å². The van der Waals surface area contributed by atoms with Crippen molar-refractivity contribution < 1.29 is 17.9 Å². The van der Waals surface area contributed by atoms with E-state index in [1.165, 1.54) is 6.08 Å². The Morgan fingerprint density at radius 2 is 1.84 bits per heavy atom. The van der Waals surface area contributed by atoms with Gasteiger partial charge in [0, 0.05) is 23.9 Å². The highest BCUT2D eigenvalue weighted by atomic mass is 32.2. The first-order valence-electron chi connectivity index (χ1n) is 7.72. The molecule has 1 heterocycles. The van der Waals surface area contributed by atoms with Gasteiger partial charge in [0.05, 0.1) is 12.9 Å². The van der Waals surface area contributed by atoms with Crippen LogP contribution in [0.4, 0.5) is 11.4 Å². The minimum Gasteiger partial charge on any atom is -0.493 e. The maximum absolute atomic E-state index is 12.0. The van der Waals surface area contributed by atoms with Gasteiger partial charge in [-0.25, -0.2) is 8.42 Å². The van der Waals surface area contributed by atoms with Crippen molar-refractivity contribution >= 4 is 33.4 Å². The van der Waals surface area contributed by atoms with Gasteiger partial charge in [0.25, 0.3) is 0 Å². The summed E-state index contributed by atoms with van der Waals surface area (Å²) in [7, 11) is -3.31. The van der Waals surface area contributed by atoms with Crippen molar-refractivity contribution in [2.75, 3.05) is 22.9 Å². The van der Waals surface area contributed by atoms with Gasteiger partial charge in [0.1, 0.15) is 5.75 Å². The number of benzene rings is 2. The summed E-state index contributed by atoms with van der Waals surface area (Å²) in [5.74, 6) is 0.643. The van der Waals surface area contributed by atoms with E-state index in [1.807, 2.05) is 18.2 Å². The normalized spacial score (nSPS) is 13.3. The molecule has 0 aliphatic carbocycles. The van der Waals surface area contributed by atoms with Crippen molar-refractivity contribution in [3.8, 4) is 5.75 Å². The number of carbonyl (C=O) groups is 1. The van der Waals surface area contributed by atoms with Crippen molar-refractivity contribution in [2.45, 2.75) is 6.42 Å². The van der Waals surface area contributed by atoms with Crippen LogP contribution in [0.15, 0.2) is 48.5 Å². The number of carbonyl (C=O) groups excluding carboxylic acids is 1. The fraction of sp³-hybridized carbons (Fsp3) is 0.167. The number of fused-ring (bicyclic) bond motifs is 1. The second-order valence-electron chi connectivity index (χ2n) is 5.74. The summed E-state index contributed by atoms with van der Waals surface area (Å²) >= 11 is 0. The molecule has 0 spiro atoms. The summed E-state index contributed by atoms with van der Waals surface area (Å²) in [6, 6.07) is 12.3. The highest BCUT2D eigenvalue weighted by molar-refractivity contribution is 7.92. The van der Waals surface area contributed by atoms with Crippen molar-refractivity contribution in [3.63, 3.8) is 0 Å². The maximum Gasteiger partial charge on any atom is 0.248 e. The number of ether oxygens (including phenoxy) is 1. The lowest BCUT2D eigenvalue weighted by atomic mass is 10.1. The first-order valence-corrected chi connectivity index (χ1v) is 9.61. The fourth-order valence-corrected chi connectivity index (χ4v) is 3.07. The second kappa shape index (κ2) is 6.98. The van der Waals surface area contributed by atoms with Crippen molar-refractivity contribution in [3.05, 3.63) is 59.7 Å². The summed E-state index contributed by atoms with van der Waals surface area (Å²) in [6.07, 6.45) is 5.17. The number of hydrogen-bond donors (Lipinski definition) is 2. The molecule has 2 aromatic rings. The topological polar surface area (TPSA) is 84.5 Å². The zero-order valence-corrected chi connectivity index (χ0v) is 14.5. The first-order chi connectivity index (χ1) is 11.9. The minimum absolute atomic E-state index is 0.263. The van der Waals surface area contributed by atoms with Crippen LogP contribution in [0.25, 0.3) is 6.08 Å². The van der Waals surface area contributed by atoms with Crippen LogP contribution in [0.2, 0.25) is 0 Å². The van der Waals surface area contributed by atoms with Crippen molar-refractivity contribution in [1.29, 1.82) is 0 Å². The fourth-order valence-electron chi connectivity index (χ4n) is 2.50. The summed E-state index contributed by atoms with van der Waals surface area (Å²) in [5.41, 5.74) is 3.11. The maximum atomic E-state index is 12.0. The van der Waals surface area contributed by atoms with E-state index >= 15 is 0 Å². The SMILES string of the molecule is CS(=O)(=O)Nc1ccc(NC(=O)/C=C/c2ccc3c(c2)CCO3)cc1. The smallest absolute Gasteiger partial charge is 0.248 e. The number of sulfonamides is 1. The monoisotopic (exact) mass is 358 g/mol. The van der Waals surface area contributed by atoms with Crippen LogP contribution in [-0.4, -0.2) is 27.2 Å². The van der Waals surface area contributed by atoms with E-state index < -0.39 is 10.0 Å². The molecule has 0 saturated heterocycles. The quantitative estimate of drug-likeness (QED) is 0.805. The molecule has 0 radical (unpaired) electrons. The Morgan fingerprint density at radius 1 is 1.12 bits per heavy atom. The molecule has 0 unspecified atom stereocenters. The standard InChI is InChI=1S/C18H18N2O4S/c1-25(22,23)20-16-6-4-15(5-7-16)19-18(21)9-3-13-2-8-17-14(12-13)10-11-24-17/h2-9,12,20H,10-11H2,1H3,(H,19,21)/b9-3+. The van der Waals surface area contributed by atoms with Crippen LogP contribution >= 0.6 is 0 Å². The van der Waals surface area contributed by atoms with E-state index in [9.17, 15) is 13.2 Å². The molecule has 1 amide bonds. The average molecular weight is 358 g/mol. The lowest BCUT2D eigenvalue weighted by molar-refractivity contribution is -0.111. The van der Waals surface area contributed by atoms with Crippen LogP contribution < -0.4 is 14.8 Å². The predicted octanol–water partition coefficient (Wildman–Crippen LogP) is 2.64. The lowest BCUT2D eigenvalue weighted by Gasteiger charge is -2.06. The number of anilines is 2. The molecular formula is C18H18N2O4S. The Hall–Kier alpha value is -2.80. The molecule has 7 heteroatoms. The molecule has 0 bridgehead atoms. The molecular weight excluding hydrogens is 340 g/mol. The minimum atomic E-state index is -3.31. The zero-order chi connectivity index (χ0) is 17.9. The predicted molar refractivity (Wildman–Crippen MR) is 98.2 cm³/mol. The summed E-state index contributed by atoms with van der Waals surface area (Å²) in [4.78, 5) is 12.0. The average Bonchev–Trinajstić information content (AvgIpc) is 3.01. The Bertz CT molecular complexity index is 919. The van der Waals surface area contributed by atoms with Crippen LogP contribution in [0.3, 0.4) is 0 Å². The van der Waals surface area contributed by atoms with Gasteiger partial charge in [0.15, 0.2) is 0 Å². The second-order valence-corrected chi connectivity index (χ2v) is 7.49. The van der Waals surface area contributed by atoms with Crippen molar-refractivity contribution in [1.82, 2.24) is 0 Å². The number of rotatable bonds is 5. The van der Waals surface area contributed by atoms with Crippen LogP contribution in [0.1, 0.15) is 11.1 Å². The van der Waals surface area contributed by atoms with E-state index in [0.29, 0.717) is 18.0 Å². The number of hydrogen-bond acceptors (Lipinski definition) is 4. The Morgan fingerprint density at radius 3 is 2.56 bits per heavy atom. The molecule has 25 heavy (non-hydrogen) atoms. The highest BCUT2D eigenvalue weighted by Crippen LogP contribution is 2.26. The van der Waals surface area contributed by atoms with E-state index in [4.69, 9.17) is 4.74 Å². The molecule has 1 aliphatic heterocycles. The van der Waals surface area contributed by atoms with Crippen LogP contribution in [0.5, 0.6) is 5.75 Å². The van der Waals surface area contributed by atoms with E-state index in [2.05, 4.69) is 10.0 Å². The molecule has 3 rings (SSSR count). The van der Waals surface area contributed by atoms with E-state index in [-0.39, 0.29) is 5.91 Å². The van der Waals surface area contributed by atoms with Crippen LogP contribution in [-0.2, 0) is 21.2 Å². The molecule has 2 N–H and O–H groups in total. The molecule has 0 saturated carbocycles. The Labute approximate surface area is 146 Å².